The first kappa shape index (κ1) is 9.51. The number of pyridine rings is 1. The highest BCUT2D eigenvalue weighted by molar-refractivity contribution is 5.16. The van der Waals surface area contributed by atoms with Gasteiger partial charge in [0.05, 0.1) is 11.9 Å². The molecule has 2 heterocycles. The lowest BCUT2D eigenvalue weighted by Gasteiger charge is -2.03. The molecule has 0 aliphatic heterocycles. The van der Waals surface area contributed by atoms with E-state index < -0.39 is 5.82 Å². The molecule has 5 heteroatoms. The summed E-state index contributed by atoms with van der Waals surface area (Å²) in [5, 5.41) is 0. The lowest BCUT2D eigenvalue weighted by Crippen LogP contribution is -2.18. The van der Waals surface area contributed by atoms with Gasteiger partial charge in [0.15, 0.2) is 5.82 Å². The third-order valence-corrected chi connectivity index (χ3v) is 1.94. The normalized spacial score (nSPS) is 10.3. The summed E-state index contributed by atoms with van der Waals surface area (Å²) in [5.41, 5.74) is -0.0285. The van der Waals surface area contributed by atoms with Crippen LogP contribution in [0.15, 0.2) is 35.4 Å². The Morgan fingerprint density at radius 3 is 2.87 bits per heavy atom. The summed E-state index contributed by atoms with van der Waals surface area (Å²) in [6.45, 7) is 1.52. The molecule has 4 nitrogen and oxygen atoms in total. The molecule has 0 fully saturated rings. The van der Waals surface area contributed by atoms with Crippen LogP contribution < -0.4 is 5.56 Å². The summed E-state index contributed by atoms with van der Waals surface area (Å²) in [7, 11) is 0. The van der Waals surface area contributed by atoms with Crippen LogP contribution in [0.4, 0.5) is 4.39 Å². The number of aromatic nitrogens is 3. The lowest BCUT2D eigenvalue weighted by atomic mass is 10.4. The Morgan fingerprint density at radius 2 is 2.20 bits per heavy atom. The first-order chi connectivity index (χ1) is 7.18. The van der Waals surface area contributed by atoms with E-state index >= 15 is 0 Å². The van der Waals surface area contributed by atoms with Crippen molar-refractivity contribution in [2.75, 3.05) is 0 Å². The summed E-state index contributed by atoms with van der Waals surface area (Å²) in [6, 6.07) is 4.70. The number of aryl methyl sites for hydroxylation is 1. The first-order valence-electron chi connectivity index (χ1n) is 4.35. The molecule has 0 atom stereocenters. The minimum Gasteiger partial charge on any atom is -0.269 e. The van der Waals surface area contributed by atoms with Crippen LogP contribution in [-0.2, 0) is 0 Å². The van der Waals surface area contributed by atoms with E-state index in [1.807, 2.05) is 0 Å². The van der Waals surface area contributed by atoms with E-state index in [4.69, 9.17) is 0 Å². The zero-order chi connectivity index (χ0) is 10.8. The fourth-order valence-corrected chi connectivity index (χ4v) is 1.15. The van der Waals surface area contributed by atoms with Crippen molar-refractivity contribution >= 4 is 0 Å². The average Bonchev–Trinajstić information content (AvgIpc) is 2.23. The number of hydrogen-bond acceptors (Lipinski definition) is 3. The Morgan fingerprint density at radius 1 is 1.40 bits per heavy atom. The minimum absolute atomic E-state index is 0.180. The van der Waals surface area contributed by atoms with Gasteiger partial charge in [0.1, 0.15) is 0 Å². The summed E-state index contributed by atoms with van der Waals surface area (Å²) >= 11 is 0. The van der Waals surface area contributed by atoms with E-state index in [2.05, 4.69) is 9.97 Å². The molecule has 2 aromatic heterocycles. The van der Waals surface area contributed by atoms with Gasteiger partial charge in [-0.15, -0.1) is 0 Å². The smallest absolute Gasteiger partial charge is 0.257 e. The molecule has 0 aliphatic rings. The van der Waals surface area contributed by atoms with E-state index in [1.165, 1.54) is 23.8 Å². The highest BCUT2D eigenvalue weighted by atomic mass is 19.1. The Bertz CT molecular complexity index is 550. The van der Waals surface area contributed by atoms with Crippen LogP contribution in [0.2, 0.25) is 0 Å². The molecule has 2 rings (SSSR count). The van der Waals surface area contributed by atoms with Gasteiger partial charge in [0.25, 0.3) is 5.56 Å². The summed E-state index contributed by atoms with van der Waals surface area (Å²) in [6.07, 6.45) is 2.59. The summed E-state index contributed by atoms with van der Waals surface area (Å²) in [4.78, 5) is 19.0. The second-order valence-corrected chi connectivity index (χ2v) is 3.01. The molecule has 0 amide bonds. The minimum atomic E-state index is -0.484. The monoisotopic (exact) mass is 205 g/mol. The fraction of sp³-hybridized carbons (Fsp3) is 0.100. The van der Waals surface area contributed by atoms with E-state index in [0.29, 0.717) is 0 Å². The quantitative estimate of drug-likeness (QED) is 0.699. The Balaban J connectivity index is 2.60. The van der Waals surface area contributed by atoms with Gasteiger partial charge in [-0.2, -0.15) is 0 Å². The molecule has 0 aliphatic carbocycles. The largest absolute Gasteiger partial charge is 0.269 e. The molecule has 0 bridgehead atoms. The molecule has 0 unspecified atom stereocenters. The van der Waals surface area contributed by atoms with Gasteiger partial charge in [-0.3, -0.25) is 9.36 Å². The van der Waals surface area contributed by atoms with E-state index in [9.17, 15) is 9.18 Å². The van der Waals surface area contributed by atoms with Crippen molar-refractivity contribution in [2.24, 2.45) is 0 Å². The van der Waals surface area contributed by atoms with Crippen molar-refractivity contribution < 1.29 is 4.39 Å². The Hall–Kier alpha value is -2.04. The molecular weight excluding hydrogens is 197 g/mol. The summed E-state index contributed by atoms with van der Waals surface area (Å²) in [5.74, 6) is -0.303. The van der Waals surface area contributed by atoms with Crippen LogP contribution in [0, 0.1) is 12.7 Å². The predicted octanol–water partition coefficient (Wildman–Crippen LogP) is 1.08. The molecule has 76 valence electrons. The molecule has 0 N–H and O–H groups in total. The number of halogens is 1. The lowest BCUT2D eigenvalue weighted by molar-refractivity contribution is 0.598. The van der Waals surface area contributed by atoms with Crippen molar-refractivity contribution in [3.63, 3.8) is 0 Å². The zero-order valence-electron chi connectivity index (χ0n) is 8.01. The highest BCUT2D eigenvalue weighted by Crippen LogP contribution is 2.03. The van der Waals surface area contributed by atoms with Gasteiger partial charge >= 0.3 is 0 Å². The topological polar surface area (TPSA) is 47.8 Å². The maximum absolute atomic E-state index is 12.9. The van der Waals surface area contributed by atoms with Gasteiger partial charge in [-0.1, -0.05) is 6.07 Å². The van der Waals surface area contributed by atoms with E-state index in [-0.39, 0.29) is 17.2 Å². The molecule has 0 aromatic carbocycles. The Labute approximate surface area is 85.0 Å². The third-order valence-electron chi connectivity index (χ3n) is 1.94. The van der Waals surface area contributed by atoms with Crippen LogP contribution in [0.1, 0.15) is 5.69 Å². The second-order valence-electron chi connectivity index (χ2n) is 3.01. The van der Waals surface area contributed by atoms with Gasteiger partial charge in [-0.25, -0.2) is 14.4 Å². The van der Waals surface area contributed by atoms with Crippen molar-refractivity contribution in [1.29, 1.82) is 0 Å². The van der Waals surface area contributed by atoms with Crippen molar-refractivity contribution in [3.8, 4) is 5.95 Å². The maximum atomic E-state index is 12.9. The van der Waals surface area contributed by atoms with Gasteiger partial charge in [-0.05, 0) is 13.0 Å². The van der Waals surface area contributed by atoms with Gasteiger partial charge in [0, 0.05) is 12.3 Å². The van der Waals surface area contributed by atoms with Crippen molar-refractivity contribution in [3.05, 3.63) is 52.5 Å². The standard InChI is InChI=1S/C10H8FN3O/c1-7-8(11)6-12-10(13-7)14-5-3-2-4-9(14)15/h2-6H,1H3. The third kappa shape index (κ3) is 1.76. The second kappa shape index (κ2) is 3.61. The zero-order valence-corrected chi connectivity index (χ0v) is 8.01. The SMILES string of the molecule is Cc1nc(-n2ccccc2=O)ncc1F. The number of rotatable bonds is 1. The van der Waals surface area contributed by atoms with E-state index in [0.717, 1.165) is 6.20 Å². The van der Waals surface area contributed by atoms with Crippen molar-refractivity contribution in [2.45, 2.75) is 6.92 Å². The molecule has 0 saturated carbocycles. The summed E-state index contributed by atoms with van der Waals surface area (Å²) < 4.78 is 14.2. The van der Waals surface area contributed by atoms with Crippen LogP contribution in [0.25, 0.3) is 5.95 Å². The van der Waals surface area contributed by atoms with E-state index in [1.54, 1.807) is 12.1 Å². The average molecular weight is 205 g/mol. The highest BCUT2D eigenvalue weighted by Gasteiger charge is 2.04. The fourth-order valence-electron chi connectivity index (χ4n) is 1.15. The van der Waals surface area contributed by atoms with Crippen LogP contribution in [0.3, 0.4) is 0 Å². The predicted molar refractivity (Wildman–Crippen MR) is 52.3 cm³/mol. The molecule has 0 saturated heterocycles. The van der Waals surface area contributed by atoms with Crippen molar-refractivity contribution in [1.82, 2.24) is 14.5 Å². The molecular formula is C10H8FN3O. The number of nitrogens with zero attached hydrogens (tertiary/aromatic N) is 3. The molecule has 0 radical (unpaired) electrons. The Kier molecular flexibility index (Phi) is 2.29. The molecule has 2 aromatic rings. The number of hydrogen-bond donors (Lipinski definition) is 0. The van der Waals surface area contributed by atoms with Crippen LogP contribution in [-0.4, -0.2) is 14.5 Å². The first-order valence-corrected chi connectivity index (χ1v) is 4.35. The van der Waals surface area contributed by atoms with Crippen LogP contribution >= 0.6 is 0 Å². The van der Waals surface area contributed by atoms with Gasteiger partial charge < -0.3 is 0 Å². The molecule has 0 spiro atoms. The molecule has 15 heavy (non-hydrogen) atoms. The van der Waals surface area contributed by atoms with Gasteiger partial charge in [0.2, 0.25) is 5.95 Å². The van der Waals surface area contributed by atoms with Crippen LogP contribution in [0.5, 0.6) is 0 Å². The maximum Gasteiger partial charge on any atom is 0.257 e.